The van der Waals surface area contributed by atoms with Gasteiger partial charge >= 0.3 is 0 Å². The van der Waals surface area contributed by atoms with E-state index in [1.54, 1.807) is 12.1 Å². The van der Waals surface area contributed by atoms with E-state index in [-0.39, 0.29) is 33.4 Å². The van der Waals surface area contributed by atoms with E-state index in [1.807, 2.05) is 0 Å². The lowest BCUT2D eigenvalue weighted by Crippen LogP contribution is -2.24. The molecule has 0 aliphatic heterocycles. The lowest BCUT2D eigenvalue weighted by atomic mass is 9.82. The van der Waals surface area contributed by atoms with Crippen molar-refractivity contribution in [3.8, 4) is 11.1 Å². The summed E-state index contributed by atoms with van der Waals surface area (Å²) in [7, 11) is -9.46. The number of anilines is 1. The monoisotopic (exact) mass is 459 g/mol. The Morgan fingerprint density at radius 3 is 1.74 bits per heavy atom. The highest BCUT2D eigenvalue weighted by Gasteiger charge is 2.36. The number of benzene rings is 3. The molecule has 3 aromatic carbocycles. The number of ketones is 2. The maximum absolute atomic E-state index is 13.0. The summed E-state index contributed by atoms with van der Waals surface area (Å²) in [6, 6.07) is 11.4. The zero-order valence-corrected chi connectivity index (χ0v) is 17.1. The van der Waals surface area contributed by atoms with Gasteiger partial charge in [0.1, 0.15) is 4.90 Å². The normalized spacial score (nSPS) is 13.6. The van der Waals surface area contributed by atoms with Crippen LogP contribution in [0.25, 0.3) is 11.1 Å². The highest BCUT2D eigenvalue weighted by molar-refractivity contribution is 7.86. The van der Waals surface area contributed by atoms with E-state index in [4.69, 9.17) is 10.3 Å². The average molecular weight is 459 g/mol. The summed E-state index contributed by atoms with van der Waals surface area (Å²) in [6.45, 7) is 0. The molecule has 158 valence electrons. The molecule has 0 fully saturated rings. The quantitative estimate of drug-likeness (QED) is 0.307. The zero-order valence-electron chi connectivity index (χ0n) is 15.4. The molecule has 0 heterocycles. The first-order chi connectivity index (χ1) is 14.4. The van der Waals surface area contributed by atoms with Gasteiger partial charge in [-0.25, -0.2) is 0 Å². The van der Waals surface area contributed by atoms with Crippen LogP contribution in [0.4, 0.5) is 5.69 Å². The molecule has 0 saturated carbocycles. The van der Waals surface area contributed by atoms with Crippen molar-refractivity contribution in [2.75, 3.05) is 5.73 Å². The van der Waals surface area contributed by atoms with E-state index >= 15 is 0 Å². The Labute approximate surface area is 176 Å². The molecule has 0 saturated heterocycles. The van der Waals surface area contributed by atoms with Gasteiger partial charge in [-0.05, 0) is 23.8 Å². The molecule has 0 bridgehead atoms. The molecule has 11 heteroatoms. The van der Waals surface area contributed by atoms with E-state index in [0.29, 0.717) is 0 Å². The second-order valence-corrected chi connectivity index (χ2v) is 9.55. The molecule has 31 heavy (non-hydrogen) atoms. The second-order valence-electron chi connectivity index (χ2n) is 6.77. The molecule has 4 rings (SSSR count). The number of carbonyl (C=O) groups is 2. The van der Waals surface area contributed by atoms with Crippen LogP contribution in [0.5, 0.6) is 0 Å². The van der Waals surface area contributed by atoms with Gasteiger partial charge < -0.3 is 5.73 Å². The largest absolute Gasteiger partial charge is 0.397 e. The third-order valence-electron chi connectivity index (χ3n) is 4.93. The predicted octanol–water partition coefficient (Wildman–Crippen LogP) is 2.20. The average Bonchev–Trinajstić information content (AvgIpc) is 2.70. The highest BCUT2D eigenvalue weighted by Crippen LogP contribution is 2.40. The fraction of sp³-hybridized carbons (Fsp3) is 0. The van der Waals surface area contributed by atoms with Crippen LogP contribution >= 0.6 is 0 Å². The minimum Gasteiger partial charge on any atom is -0.397 e. The third kappa shape index (κ3) is 3.33. The van der Waals surface area contributed by atoms with Gasteiger partial charge in [-0.2, -0.15) is 16.8 Å². The highest BCUT2D eigenvalue weighted by atomic mass is 32.2. The van der Waals surface area contributed by atoms with Crippen molar-refractivity contribution in [2.45, 2.75) is 9.79 Å². The summed E-state index contributed by atoms with van der Waals surface area (Å²) in [5.41, 5.74) is 4.95. The number of rotatable bonds is 3. The first-order valence-electron chi connectivity index (χ1n) is 8.61. The molecule has 1 aliphatic carbocycles. The number of nitrogens with two attached hydrogens (primary N) is 1. The molecule has 0 atom stereocenters. The summed E-state index contributed by atoms with van der Waals surface area (Å²) < 4.78 is 65.7. The minimum atomic E-state index is -4.96. The Morgan fingerprint density at radius 1 is 0.677 bits per heavy atom. The molecule has 0 radical (unpaired) electrons. The van der Waals surface area contributed by atoms with Crippen LogP contribution in [-0.2, 0) is 20.2 Å². The van der Waals surface area contributed by atoms with Gasteiger partial charge in [0.2, 0.25) is 0 Å². The van der Waals surface area contributed by atoms with Crippen molar-refractivity contribution in [3.05, 3.63) is 76.9 Å². The van der Waals surface area contributed by atoms with Crippen molar-refractivity contribution in [1.29, 1.82) is 0 Å². The van der Waals surface area contributed by atoms with Gasteiger partial charge in [0.15, 0.2) is 11.6 Å². The number of nitrogen functional groups attached to an aromatic ring is 1. The molecule has 0 aromatic heterocycles. The van der Waals surface area contributed by atoms with E-state index in [0.717, 1.165) is 18.2 Å². The lowest BCUT2D eigenvalue weighted by molar-refractivity contribution is 0.0979. The van der Waals surface area contributed by atoms with Crippen LogP contribution in [0.1, 0.15) is 31.8 Å². The first kappa shape index (κ1) is 20.9. The summed E-state index contributed by atoms with van der Waals surface area (Å²) in [5, 5.41) is 0. The standard InChI is InChI=1S/C20H13NO8S2/c21-17-16-15(18(22)12-3-1-2-4-13(12)19(16)23)9-14(20(17)31(27,28)29)10-5-7-11(8-6-10)30(24,25)26/h1-9H,21H2,(H,24,25,26)(H,27,28,29). The predicted molar refractivity (Wildman–Crippen MR) is 109 cm³/mol. The number of hydrogen-bond donors (Lipinski definition) is 3. The van der Waals surface area contributed by atoms with Crippen molar-refractivity contribution < 1.29 is 35.5 Å². The smallest absolute Gasteiger partial charge is 0.297 e. The fourth-order valence-corrected chi connectivity index (χ4v) is 4.88. The molecular formula is C20H13NO8S2. The first-order valence-corrected chi connectivity index (χ1v) is 11.5. The Balaban J connectivity index is 2.05. The summed E-state index contributed by atoms with van der Waals surface area (Å²) in [5.74, 6) is -1.23. The van der Waals surface area contributed by atoms with Gasteiger partial charge in [-0.3, -0.25) is 18.7 Å². The Morgan fingerprint density at radius 2 is 1.23 bits per heavy atom. The van der Waals surface area contributed by atoms with Crippen LogP contribution in [0.3, 0.4) is 0 Å². The molecule has 0 unspecified atom stereocenters. The van der Waals surface area contributed by atoms with Crippen LogP contribution in [0, 0.1) is 0 Å². The van der Waals surface area contributed by atoms with E-state index < -0.39 is 47.3 Å². The molecule has 1 aliphatic rings. The minimum absolute atomic E-state index is 0.0539. The summed E-state index contributed by atoms with van der Waals surface area (Å²) >= 11 is 0. The molecule has 0 spiro atoms. The van der Waals surface area contributed by atoms with Crippen LogP contribution in [0.15, 0.2) is 64.4 Å². The van der Waals surface area contributed by atoms with Gasteiger partial charge in [0.25, 0.3) is 20.2 Å². The molecule has 0 amide bonds. The number of fused-ring (bicyclic) bond motifs is 2. The van der Waals surface area contributed by atoms with Crippen molar-refractivity contribution >= 4 is 37.5 Å². The van der Waals surface area contributed by atoms with Crippen LogP contribution in [-0.4, -0.2) is 37.5 Å². The van der Waals surface area contributed by atoms with E-state index in [1.165, 1.54) is 24.3 Å². The van der Waals surface area contributed by atoms with Crippen molar-refractivity contribution in [1.82, 2.24) is 0 Å². The maximum Gasteiger partial charge on any atom is 0.297 e. The fourth-order valence-electron chi connectivity index (χ4n) is 3.57. The summed E-state index contributed by atoms with van der Waals surface area (Å²) in [4.78, 5) is 24.7. The van der Waals surface area contributed by atoms with Crippen molar-refractivity contribution in [2.24, 2.45) is 0 Å². The zero-order chi connectivity index (χ0) is 22.7. The maximum atomic E-state index is 13.0. The van der Waals surface area contributed by atoms with Crippen molar-refractivity contribution in [3.63, 3.8) is 0 Å². The van der Waals surface area contributed by atoms with E-state index in [9.17, 15) is 31.0 Å². The van der Waals surface area contributed by atoms with Gasteiger partial charge in [0.05, 0.1) is 16.1 Å². The van der Waals surface area contributed by atoms with Crippen LogP contribution < -0.4 is 5.73 Å². The van der Waals surface area contributed by atoms with Crippen LogP contribution in [0.2, 0.25) is 0 Å². The number of hydrogen-bond acceptors (Lipinski definition) is 7. The topological polar surface area (TPSA) is 169 Å². The summed E-state index contributed by atoms with van der Waals surface area (Å²) in [6.07, 6.45) is 0. The van der Waals surface area contributed by atoms with Gasteiger partial charge in [-0.1, -0.05) is 36.4 Å². The molecule has 3 aromatic rings. The van der Waals surface area contributed by atoms with Gasteiger partial charge in [-0.15, -0.1) is 0 Å². The Hall–Kier alpha value is -3.38. The van der Waals surface area contributed by atoms with Gasteiger partial charge in [0, 0.05) is 22.3 Å². The molecular weight excluding hydrogens is 446 g/mol. The molecule has 9 nitrogen and oxygen atoms in total. The molecule has 4 N–H and O–H groups in total. The van der Waals surface area contributed by atoms with E-state index in [2.05, 4.69) is 0 Å². The number of carbonyl (C=O) groups excluding carboxylic acids is 2. The third-order valence-corrected chi connectivity index (χ3v) is 6.75. The second kappa shape index (κ2) is 6.82. The Bertz CT molecular complexity index is 1510. The SMILES string of the molecule is Nc1c2c(cc(-c3ccc(S(=O)(=O)O)cc3)c1S(=O)(=O)O)C(=O)c1ccccc1C2=O. The Kier molecular flexibility index (Phi) is 4.59. The lowest BCUT2D eigenvalue weighted by Gasteiger charge is -2.22.